The van der Waals surface area contributed by atoms with Gasteiger partial charge in [-0.1, -0.05) is 6.07 Å². The quantitative estimate of drug-likeness (QED) is 0.364. The molecule has 6 N–H and O–H groups in total. The highest BCUT2D eigenvalue weighted by molar-refractivity contribution is 6.24. The zero-order valence-electron chi connectivity index (χ0n) is 20.9. The molecule has 0 spiro atoms. The van der Waals surface area contributed by atoms with Crippen molar-refractivity contribution in [2.45, 2.75) is 24.5 Å². The summed E-state index contributed by atoms with van der Waals surface area (Å²) in [5.41, 5.74) is 3.49. The van der Waals surface area contributed by atoms with Gasteiger partial charge in [-0.2, -0.15) is 0 Å². The first-order valence-electron chi connectivity index (χ1n) is 11.9. The predicted octanol–water partition coefficient (Wildman–Crippen LogP) is 1.03. The average molecular weight is 522 g/mol. The Bertz CT molecular complexity index is 1480. The summed E-state index contributed by atoms with van der Waals surface area (Å²) < 4.78 is 5.27. The highest BCUT2D eigenvalue weighted by Crippen LogP contribution is 2.53. The van der Waals surface area contributed by atoms with Crippen molar-refractivity contribution in [3.63, 3.8) is 0 Å². The Balaban J connectivity index is 1.73. The molecule has 1 fully saturated rings. The molecule has 5 rings (SSSR count). The maximum atomic E-state index is 13.9. The lowest BCUT2D eigenvalue weighted by atomic mass is 9.57. The van der Waals surface area contributed by atoms with E-state index in [4.69, 9.17) is 10.5 Å². The molecule has 1 aromatic carbocycles. The minimum atomic E-state index is -2.67. The van der Waals surface area contributed by atoms with Crippen LogP contribution in [0.15, 0.2) is 47.5 Å². The third-order valence-corrected chi connectivity index (χ3v) is 7.86. The minimum Gasteiger partial charge on any atom is -0.508 e. The number of carbonyl (C=O) groups excluding carboxylic acids is 3. The van der Waals surface area contributed by atoms with Crippen molar-refractivity contribution in [2.24, 2.45) is 17.6 Å². The molecule has 1 heterocycles. The van der Waals surface area contributed by atoms with Crippen LogP contribution in [0.3, 0.4) is 0 Å². The number of aliphatic hydroxyl groups is 3. The zero-order chi connectivity index (χ0) is 27.7. The second-order valence-corrected chi connectivity index (χ2v) is 10.1. The normalized spacial score (nSPS) is 26.7. The van der Waals surface area contributed by atoms with Gasteiger partial charge < -0.3 is 30.9 Å². The van der Waals surface area contributed by atoms with Crippen LogP contribution in [0, 0.1) is 11.8 Å². The number of aromatic nitrogens is 1. The summed E-state index contributed by atoms with van der Waals surface area (Å²) in [6, 6.07) is 3.65. The van der Waals surface area contributed by atoms with Gasteiger partial charge in [-0.15, -0.1) is 0 Å². The number of fused-ring (bicyclic) bond motifs is 3. The number of hydrogen-bond acceptors (Lipinski definition) is 10. The fraction of sp³-hybridized carbons (Fsp3) is 0.333. The SMILES string of the molecule is COc1cncc(-c2ccc(O)c3c2C[C@@H]2C[C@H]4C(N(C)C)C(=O)C(C(N)=O)=C(O)[C@@]4(O)C(=O)C2=C3O)c1. The van der Waals surface area contributed by atoms with E-state index in [2.05, 4.69) is 4.98 Å². The van der Waals surface area contributed by atoms with Crippen LogP contribution < -0.4 is 10.5 Å². The molecule has 11 nitrogen and oxygen atoms in total. The number of primary amides is 1. The van der Waals surface area contributed by atoms with E-state index in [0.717, 1.165) is 0 Å². The Morgan fingerprint density at radius 3 is 2.53 bits per heavy atom. The number of aromatic hydroxyl groups is 1. The lowest BCUT2D eigenvalue weighted by Gasteiger charge is -2.50. The molecule has 198 valence electrons. The van der Waals surface area contributed by atoms with Gasteiger partial charge in [0.05, 0.1) is 24.9 Å². The van der Waals surface area contributed by atoms with Gasteiger partial charge in [0.1, 0.15) is 28.6 Å². The molecular formula is C27H27N3O8. The van der Waals surface area contributed by atoms with Crippen LogP contribution in [-0.4, -0.2) is 80.6 Å². The molecule has 1 saturated carbocycles. The number of phenols is 1. The van der Waals surface area contributed by atoms with Crippen molar-refractivity contribution in [2.75, 3.05) is 21.2 Å². The van der Waals surface area contributed by atoms with Crippen LogP contribution in [0.5, 0.6) is 11.5 Å². The number of phenolic OH excluding ortho intramolecular Hbond substituents is 1. The third kappa shape index (κ3) is 3.35. The number of benzene rings is 1. The molecule has 4 atom stereocenters. The molecule has 11 heteroatoms. The van der Waals surface area contributed by atoms with E-state index in [9.17, 15) is 34.8 Å². The fourth-order valence-electron chi connectivity index (χ4n) is 6.19. The first kappa shape index (κ1) is 25.4. The van der Waals surface area contributed by atoms with Crippen molar-refractivity contribution >= 4 is 23.2 Å². The topological polar surface area (TPSA) is 184 Å². The van der Waals surface area contributed by atoms with Gasteiger partial charge in [-0.05, 0) is 56.1 Å². The Labute approximate surface area is 217 Å². The molecule has 0 radical (unpaired) electrons. The van der Waals surface area contributed by atoms with Crippen LogP contribution >= 0.6 is 0 Å². The number of methoxy groups -OCH3 is 1. The number of nitrogens with zero attached hydrogens (tertiary/aromatic N) is 2. The summed E-state index contributed by atoms with van der Waals surface area (Å²) >= 11 is 0. The van der Waals surface area contributed by atoms with E-state index in [0.29, 0.717) is 22.4 Å². The monoisotopic (exact) mass is 521 g/mol. The Kier molecular flexibility index (Phi) is 5.80. The average Bonchev–Trinajstić information content (AvgIpc) is 2.86. The van der Waals surface area contributed by atoms with Crippen LogP contribution in [0.4, 0.5) is 0 Å². The molecule has 1 aromatic heterocycles. The van der Waals surface area contributed by atoms with Crippen LogP contribution in [0.2, 0.25) is 0 Å². The summed E-state index contributed by atoms with van der Waals surface area (Å²) in [5, 5.41) is 44.6. The van der Waals surface area contributed by atoms with Gasteiger partial charge in [0.15, 0.2) is 11.4 Å². The summed E-state index contributed by atoms with van der Waals surface area (Å²) in [5.74, 6) is -6.37. The predicted molar refractivity (Wildman–Crippen MR) is 134 cm³/mol. The lowest BCUT2D eigenvalue weighted by Crippen LogP contribution is -2.65. The maximum absolute atomic E-state index is 13.9. The van der Waals surface area contributed by atoms with Gasteiger partial charge in [0.2, 0.25) is 5.78 Å². The number of ketones is 2. The van der Waals surface area contributed by atoms with Gasteiger partial charge in [0.25, 0.3) is 5.91 Å². The molecular weight excluding hydrogens is 494 g/mol. The Morgan fingerprint density at radius 1 is 1.18 bits per heavy atom. The number of aliphatic hydroxyl groups excluding tert-OH is 2. The molecule has 0 bridgehead atoms. The van der Waals surface area contributed by atoms with Crippen molar-refractivity contribution in [3.05, 3.63) is 58.6 Å². The Hall–Kier alpha value is -4.22. The molecule has 3 aliphatic carbocycles. The highest BCUT2D eigenvalue weighted by atomic mass is 16.5. The van der Waals surface area contributed by atoms with Gasteiger partial charge in [0, 0.05) is 23.3 Å². The van der Waals surface area contributed by atoms with E-state index >= 15 is 0 Å². The summed E-state index contributed by atoms with van der Waals surface area (Å²) in [6.07, 6.45) is 3.33. The number of rotatable bonds is 4. The maximum Gasteiger partial charge on any atom is 0.255 e. The lowest BCUT2D eigenvalue weighted by molar-refractivity contribution is -0.153. The molecule has 1 unspecified atom stereocenters. The van der Waals surface area contributed by atoms with Crippen LogP contribution in [0.25, 0.3) is 16.9 Å². The van der Waals surface area contributed by atoms with E-state index in [1.165, 1.54) is 24.3 Å². The summed E-state index contributed by atoms with van der Waals surface area (Å²) in [4.78, 5) is 44.8. The van der Waals surface area contributed by atoms with Gasteiger partial charge in [-0.25, -0.2) is 0 Å². The number of likely N-dealkylation sites (N-methyl/N-ethyl adjacent to an activating group) is 1. The van der Waals surface area contributed by atoms with E-state index < -0.39 is 58.0 Å². The van der Waals surface area contributed by atoms with Gasteiger partial charge in [-0.3, -0.25) is 24.3 Å². The number of pyridine rings is 1. The first-order valence-corrected chi connectivity index (χ1v) is 11.9. The van der Waals surface area contributed by atoms with Crippen molar-refractivity contribution in [1.29, 1.82) is 0 Å². The van der Waals surface area contributed by atoms with E-state index in [-0.39, 0.29) is 29.7 Å². The van der Waals surface area contributed by atoms with Crippen molar-refractivity contribution in [1.82, 2.24) is 9.88 Å². The van der Waals surface area contributed by atoms with Crippen LogP contribution in [-0.2, 0) is 20.8 Å². The number of nitrogens with two attached hydrogens (primary N) is 1. The second-order valence-electron chi connectivity index (χ2n) is 10.1. The number of carbonyl (C=O) groups is 3. The number of amides is 1. The molecule has 1 amide bonds. The zero-order valence-corrected chi connectivity index (χ0v) is 20.9. The number of hydrogen-bond donors (Lipinski definition) is 5. The number of ether oxygens (including phenoxy) is 1. The smallest absolute Gasteiger partial charge is 0.255 e. The number of Topliss-reactive ketones (excluding diaryl/α,β-unsaturated/α-hetero) is 2. The van der Waals surface area contributed by atoms with Crippen molar-refractivity contribution in [3.8, 4) is 22.6 Å². The standard InChI is InChI=1S/C27H27N3O8/c1-30(2)21-16-8-11-7-15-14(12-6-13(38-3)10-29-9-12)4-5-17(31)19(15)22(32)18(11)24(34)27(16,37)25(35)20(23(21)33)26(28)36/h4-6,9-11,16,21,31-32,35,37H,7-8H2,1-3H3,(H2,28,36)/t11-,16+,21?,27+/m1/s1. The second kappa shape index (κ2) is 8.67. The Morgan fingerprint density at radius 2 is 1.89 bits per heavy atom. The van der Waals surface area contributed by atoms with Gasteiger partial charge >= 0.3 is 0 Å². The van der Waals surface area contributed by atoms with Crippen molar-refractivity contribution < 1.29 is 39.5 Å². The third-order valence-electron chi connectivity index (χ3n) is 7.86. The molecule has 0 aliphatic heterocycles. The molecule has 38 heavy (non-hydrogen) atoms. The molecule has 2 aromatic rings. The minimum absolute atomic E-state index is 0.0111. The molecule has 0 saturated heterocycles. The summed E-state index contributed by atoms with van der Waals surface area (Å²) in [7, 11) is 4.61. The summed E-state index contributed by atoms with van der Waals surface area (Å²) in [6.45, 7) is 0. The first-order chi connectivity index (χ1) is 17.9. The van der Waals surface area contributed by atoms with E-state index in [1.54, 1.807) is 32.4 Å². The molecule has 3 aliphatic rings. The van der Waals surface area contributed by atoms with Crippen LogP contribution in [0.1, 0.15) is 17.5 Å². The fourth-order valence-corrected chi connectivity index (χ4v) is 6.19. The van der Waals surface area contributed by atoms with E-state index in [1.807, 2.05) is 0 Å². The highest BCUT2D eigenvalue weighted by Gasteiger charge is 2.64. The largest absolute Gasteiger partial charge is 0.508 e.